The smallest absolute Gasteiger partial charge is 0.150 e. The molecule has 0 aromatic heterocycles. The highest BCUT2D eigenvalue weighted by molar-refractivity contribution is 5.79. The molecule has 5 rings (SSSR count). The molecule has 0 radical (unpaired) electrons. The normalized spacial score (nSPS) is 23.2. The molecule has 3 aliphatic rings. The molecule has 0 fully saturated rings. The molecule has 24 heavy (non-hydrogen) atoms. The van der Waals surface area contributed by atoms with E-state index in [-0.39, 0.29) is 12.1 Å². The van der Waals surface area contributed by atoms with Crippen LogP contribution in [-0.4, -0.2) is 12.1 Å². The largest absolute Gasteiger partial charge is 0.481 e. The van der Waals surface area contributed by atoms with Crippen LogP contribution in [-0.2, 0) is 6.42 Å². The predicted molar refractivity (Wildman–Crippen MR) is 99.2 cm³/mol. The number of anilines is 1. The van der Waals surface area contributed by atoms with Crippen LogP contribution in [0.3, 0.4) is 0 Å². The van der Waals surface area contributed by atoms with Gasteiger partial charge in [0, 0.05) is 5.56 Å². The van der Waals surface area contributed by atoms with Crippen LogP contribution in [0.1, 0.15) is 23.1 Å². The first kappa shape index (κ1) is 13.7. The van der Waals surface area contributed by atoms with Crippen LogP contribution in [0.15, 0.2) is 66.8 Å². The number of hydrogen-bond acceptors (Lipinski definition) is 2. The van der Waals surface area contributed by atoms with E-state index in [1.54, 1.807) is 0 Å². The number of fused-ring (bicyclic) bond motifs is 4. The molecule has 0 saturated heterocycles. The molecule has 0 amide bonds. The first-order valence-corrected chi connectivity index (χ1v) is 8.59. The van der Waals surface area contributed by atoms with Crippen molar-refractivity contribution in [3.8, 4) is 5.75 Å². The van der Waals surface area contributed by atoms with Crippen molar-refractivity contribution in [2.24, 2.45) is 0 Å². The van der Waals surface area contributed by atoms with E-state index in [9.17, 15) is 0 Å². The number of nitrogens with one attached hydrogen (secondary N) is 1. The highest BCUT2D eigenvalue weighted by Crippen LogP contribution is 2.41. The molecule has 2 heteroatoms. The van der Waals surface area contributed by atoms with E-state index in [1.165, 1.54) is 22.3 Å². The Bertz CT molecular complexity index is 876. The van der Waals surface area contributed by atoms with Gasteiger partial charge in [-0.05, 0) is 41.7 Å². The van der Waals surface area contributed by atoms with Gasteiger partial charge in [-0.3, -0.25) is 0 Å². The Hall–Kier alpha value is -2.74. The third-order valence-electron chi connectivity index (χ3n) is 5.01. The molecule has 1 N–H and O–H groups in total. The quantitative estimate of drug-likeness (QED) is 0.813. The standard InChI is InChI=1S/C22H19NO/c1-2-6-15(7-3-1)17-11-13-21-20(14-17)23-19-12-10-16-8-4-5-9-18(16)22(19)24-21/h1-3,5-7,9-14,20-21,23H,4,8H2. The minimum Gasteiger partial charge on any atom is -0.481 e. The van der Waals surface area contributed by atoms with Gasteiger partial charge in [0.2, 0.25) is 0 Å². The molecule has 2 unspecified atom stereocenters. The number of rotatable bonds is 1. The zero-order chi connectivity index (χ0) is 15.9. The molecular weight excluding hydrogens is 294 g/mol. The Kier molecular flexibility index (Phi) is 3.08. The number of aryl methyl sites for hydroxylation is 1. The van der Waals surface area contributed by atoms with E-state index in [0.717, 1.165) is 24.3 Å². The minimum absolute atomic E-state index is 0.0480. The second-order valence-electron chi connectivity index (χ2n) is 6.56. The van der Waals surface area contributed by atoms with Crippen molar-refractivity contribution in [1.82, 2.24) is 0 Å². The summed E-state index contributed by atoms with van der Waals surface area (Å²) in [4.78, 5) is 0. The summed E-state index contributed by atoms with van der Waals surface area (Å²) in [5.74, 6) is 1.01. The molecule has 0 spiro atoms. The van der Waals surface area contributed by atoms with E-state index in [2.05, 4.69) is 72.1 Å². The number of hydrogen-bond donors (Lipinski definition) is 1. The maximum Gasteiger partial charge on any atom is 0.150 e. The van der Waals surface area contributed by atoms with Crippen molar-refractivity contribution >= 4 is 17.3 Å². The van der Waals surface area contributed by atoms with Crippen LogP contribution in [0.25, 0.3) is 11.6 Å². The zero-order valence-corrected chi connectivity index (χ0v) is 13.4. The van der Waals surface area contributed by atoms with Crippen LogP contribution < -0.4 is 10.1 Å². The molecule has 2 aromatic rings. The summed E-state index contributed by atoms with van der Waals surface area (Å²) in [6, 6.07) is 15.1. The monoisotopic (exact) mass is 313 g/mol. The lowest BCUT2D eigenvalue weighted by Gasteiger charge is -2.36. The van der Waals surface area contributed by atoms with Gasteiger partial charge < -0.3 is 10.1 Å². The van der Waals surface area contributed by atoms with Gasteiger partial charge in [-0.15, -0.1) is 0 Å². The fraction of sp³-hybridized carbons (Fsp3) is 0.182. The third kappa shape index (κ3) is 2.18. The van der Waals surface area contributed by atoms with Gasteiger partial charge in [-0.1, -0.05) is 60.7 Å². The molecule has 2 aliphatic carbocycles. The van der Waals surface area contributed by atoms with E-state index in [0.29, 0.717) is 0 Å². The molecule has 0 saturated carbocycles. The summed E-state index contributed by atoms with van der Waals surface area (Å²) in [7, 11) is 0. The minimum atomic E-state index is 0.0480. The molecule has 1 aliphatic heterocycles. The zero-order valence-electron chi connectivity index (χ0n) is 13.4. The fourth-order valence-corrected chi connectivity index (χ4v) is 3.76. The van der Waals surface area contributed by atoms with Crippen LogP contribution in [0.2, 0.25) is 0 Å². The number of benzene rings is 2. The van der Waals surface area contributed by atoms with E-state index in [1.807, 2.05) is 6.07 Å². The molecule has 0 bridgehead atoms. The van der Waals surface area contributed by atoms with Crippen molar-refractivity contribution in [1.29, 1.82) is 0 Å². The maximum absolute atomic E-state index is 6.37. The Labute approximate surface area is 142 Å². The summed E-state index contributed by atoms with van der Waals surface area (Å²) in [5.41, 5.74) is 6.22. The van der Waals surface area contributed by atoms with Crippen molar-refractivity contribution in [2.75, 3.05) is 5.32 Å². The number of ether oxygens (including phenoxy) is 1. The van der Waals surface area contributed by atoms with Crippen molar-refractivity contribution < 1.29 is 4.74 Å². The first-order chi connectivity index (χ1) is 11.9. The molecule has 2 aromatic carbocycles. The van der Waals surface area contributed by atoms with Crippen molar-refractivity contribution in [3.63, 3.8) is 0 Å². The Morgan fingerprint density at radius 3 is 2.83 bits per heavy atom. The van der Waals surface area contributed by atoms with E-state index in [4.69, 9.17) is 4.74 Å². The van der Waals surface area contributed by atoms with Gasteiger partial charge in [-0.25, -0.2) is 0 Å². The summed E-state index contributed by atoms with van der Waals surface area (Å²) in [6.07, 6.45) is 13.3. The van der Waals surface area contributed by atoms with Gasteiger partial charge in [0.1, 0.15) is 6.10 Å². The van der Waals surface area contributed by atoms with Gasteiger partial charge in [0.05, 0.1) is 11.7 Å². The predicted octanol–water partition coefficient (Wildman–Crippen LogP) is 4.84. The molecule has 2 nitrogen and oxygen atoms in total. The molecule has 2 atom stereocenters. The Morgan fingerprint density at radius 1 is 1.00 bits per heavy atom. The highest BCUT2D eigenvalue weighted by atomic mass is 16.5. The fourth-order valence-electron chi connectivity index (χ4n) is 3.76. The second-order valence-corrected chi connectivity index (χ2v) is 6.56. The Balaban J connectivity index is 1.51. The van der Waals surface area contributed by atoms with E-state index >= 15 is 0 Å². The SMILES string of the molecule is C1=Cc2c(ccc3c2OC2C=CC(c4ccccc4)=CC2N3)CC1. The lowest BCUT2D eigenvalue weighted by molar-refractivity contribution is 0.228. The van der Waals surface area contributed by atoms with Gasteiger partial charge in [0.15, 0.2) is 5.75 Å². The average molecular weight is 313 g/mol. The average Bonchev–Trinajstić information content (AvgIpc) is 2.66. The maximum atomic E-state index is 6.37. The van der Waals surface area contributed by atoms with Crippen molar-refractivity contribution in [2.45, 2.75) is 25.0 Å². The summed E-state index contributed by atoms with van der Waals surface area (Å²) < 4.78 is 6.37. The third-order valence-corrected chi connectivity index (χ3v) is 5.01. The topological polar surface area (TPSA) is 21.3 Å². The lowest BCUT2D eigenvalue weighted by Crippen LogP contribution is -2.40. The lowest BCUT2D eigenvalue weighted by atomic mass is 9.91. The second kappa shape index (κ2) is 5.41. The van der Waals surface area contributed by atoms with Crippen LogP contribution >= 0.6 is 0 Å². The first-order valence-electron chi connectivity index (χ1n) is 8.59. The van der Waals surface area contributed by atoms with Gasteiger partial charge in [0.25, 0.3) is 0 Å². The summed E-state index contributed by atoms with van der Waals surface area (Å²) >= 11 is 0. The van der Waals surface area contributed by atoms with Crippen LogP contribution in [0.4, 0.5) is 5.69 Å². The van der Waals surface area contributed by atoms with E-state index < -0.39 is 0 Å². The summed E-state index contributed by atoms with van der Waals surface area (Å²) in [5, 5.41) is 3.66. The van der Waals surface area contributed by atoms with Crippen LogP contribution in [0, 0.1) is 0 Å². The van der Waals surface area contributed by atoms with Gasteiger partial charge >= 0.3 is 0 Å². The van der Waals surface area contributed by atoms with Crippen LogP contribution in [0.5, 0.6) is 5.75 Å². The molecule has 118 valence electrons. The Morgan fingerprint density at radius 2 is 1.92 bits per heavy atom. The highest BCUT2D eigenvalue weighted by Gasteiger charge is 2.30. The number of allylic oxidation sites excluding steroid dienone is 3. The summed E-state index contributed by atoms with van der Waals surface area (Å²) in [6.45, 7) is 0. The van der Waals surface area contributed by atoms with Gasteiger partial charge in [-0.2, -0.15) is 0 Å². The van der Waals surface area contributed by atoms with Crippen molar-refractivity contribution in [3.05, 3.63) is 83.5 Å². The molecular formula is C22H19NO. The molecule has 1 heterocycles.